The van der Waals surface area contributed by atoms with Gasteiger partial charge in [-0.1, -0.05) is 60.7 Å². The number of hydrogen-bond acceptors (Lipinski definition) is 4. The fraction of sp³-hybridized carbons (Fsp3) is 0.448. The first-order valence-corrected chi connectivity index (χ1v) is 13.0. The largest absolute Gasteiger partial charge is 0.378 e. The number of carbonyl (C=O) groups excluding carboxylic acids is 1. The van der Waals surface area contributed by atoms with Crippen LogP contribution in [0.1, 0.15) is 45.7 Å². The third-order valence-corrected chi connectivity index (χ3v) is 7.17. The number of aryl methyl sites for hydroxylation is 3. The average Bonchev–Trinajstić information content (AvgIpc) is 3.28. The number of aromatic nitrogens is 2. The predicted octanol–water partition coefficient (Wildman–Crippen LogP) is 3.98. The number of rotatable bonds is 9. The maximum absolute atomic E-state index is 13.5. The second-order valence-electron chi connectivity index (χ2n) is 9.61. The van der Waals surface area contributed by atoms with Crippen molar-refractivity contribution in [2.24, 2.45) is 0 Å². The maximum Gasteiger partial charge on any atom is 0.274 e. The van der Waals surface area contributed by atoms with Crippen molar-refractivity contribution in [2.45, 2.75) is 45.2 Å². The van der Waals surface area contributed by atoms with Crippen molar-refractivity contribution in [3.63, 3.8) is 0 Å². The fourth-order valence-corrected chi connectivity index (χ4v) is 5.24. The van der Waals surface area contributed by atoms with Crippen molar-refractivity contribution in [1.82, 2.24) is 19.6 Å². The first-order valence-electron chi connectivity index (χ1n) is 13.0. The molecule has 3 aromatic rings. The highest BCUT2D eigenvalue weighted by atomic mass is 16.5. The Labute approximate surface area is 208 Å². The minimum absolute atomic E-state index is 0.0671. The number of nitrogens with zero attached hydrogens (tertiary/aromatic N) is 4. The minimum atomic E-state index is 0.0671. The van der Waals surface area contributed by atoms with Gasteiger partial charge in [-0.15, -0.1) is 0 Å². The van der Waals surface area contributed by atoms with Crippen LogP contribution in [-0.4, -0.2) is 64.9 Å². The Morgan fingerprint density at radius 3 is 2.11 bits per heavy atom. The number of carbonyl (C=O) groups is 1. The molecule has 0 N–H and O–H groups in total. The number of ether oxygens (including phenoxy) is 1. The molecule has 0 radical (unpaired) electrons. The van der Waals surface area contributed by atoms with E-state index >= 15 is 0 Å². The van der Waals surface area contributed by atoms with E-state index in [1.165, 1.54) is 16.8 Å². The summed E-state index contributed by atoms with van der Waals surface area (Å²) in [4.78, 5) is 17.9. The van der Waals surface area contributed by atoms with Gasteiger partial charge in [-0.05, 0) is 43.4 Å². The Balaban J connectivity index is 1.28. The molecule has 0 saturated carbocycles. The van der Waals surface area contributed by atoms with E-state index in [0.717, 1.165) is 63.8 Å². The average molecular weight is 473 g/mol. The minimum Gasteiger partial charge on any atom is -0.378 e. The number of hydrogen-bond donors (Lipinski definition) is 0. The monoisotopic (exact) mass is 472 g/mol. The third kappa shape index (κ3) is 6.00. The van der Waals surface area contributed by atoms with Crippen LogP contribution < -0.4 is 0 Å². The van der Waals surface area contributed by atoms with E-state index in [2.05, 4.69) is 70.2 Å². The summed E-state index contributed by atoms with van der Waals surface area (Å²) in [6.45, 7) is 6.24. The summed E-state index contributed by atoms with van der Waals surface area (Å²) in [5, 5.41) is 4.92. The lowest BCUT2D eigenvalue weighted by Crippen LogP contribution is -2.41. The van der Waals surface area contributed by atoms with Gasteiger partial charge < -0.3 is 9.64 Å². The first kappa shape index (κ1) is 23.8. The van der Waals surface area contributed by atoms with Gasteiger partial charge in [0.15, 0.2) is 5.69 Å². The summed E-state index contributed by atoms with van der Waals surface area (Å²) in [6, 6.07) is 21.3. The Hall–Kier alpha value is -2.96. The van der Waals surface area contributed by atoms with Crippen LogP contribution in [0.25, 0.3) is 0 Å². The highest BCUT2D eigenvalue weighted by Crippen LogP contribution is 2.25. The summed E-state index contributed by atoms with van der Waals surface area (Å²) >= 11 is 0. The lowest BCUT2D eigenvalue weighted by atomic mass is 10.0. The fourth-order valence-electron chi connectivity index (χ4n) is 5.24. The standard InChI is InChI=1S/C29H36N4O2/c34-29(32-19-21-35-22-20-32)28-26-23-31(16-7-13-24-9-3-1-4-10-24)18-15-27(26)33(30-28)17-8-14-25-11-5-2-6-12-25/h1-6,9-12H,7-8,13-23H2. The van der Waals surface area contributed by atoms with Crippen molar-refractivity contribution in [3.8, 4) is 0 Å². The van der Waals surface area contributed by atoms with Gasteiger partial charge in [-0.25, -0.2) is 0 Å². The molecule has 6 nitrogen and oxygen atoms in total. The summed E-state index contributed by atoms with van der Waals surface area (Å²) in [5.74, 6) is 0.0671. The molecule has 5 rings (SSSR count). The molecule has 2 aliphatic rings. The van der Waals surface area contributed by atoms with Crippen molar-refractivity contribution >= 4 is 5.91 Å². The second-order valence-corrected chi connectivity index (χ2v) is 9.61. The van der Waals surface area contributed by atoms with E-state index < -0.39 is 0 Å². The zero-order valence-electron chi connectivity index (χ0n) is 20.6. The third-order valence-electron chi connectivity index (χ3n) is 7.17. The van der Waals surface area contributed by atoms with E-state index in [1.807, 2.05) is 4.90 Å². The molecule has 184 valence electrons. The van der Waals surface area contributed by atoms with Crippen molar-refractivity contribution < 1.29 is 9.53 Å². The normalized spacial score (nSPS) is 16.3. The molecule has 0 atom stereocenters. The van der Waals surface area contributed by atoms with Crippen LogP contribution in [0, 0.1) is 0 Å². The van der Waals surface area contributed by atoms with Gasteiger partial charge in [-0.3, -0.25) is 14.4 Å². The Kier molecular flexibility index (Phi) is 7.91. The van der Waals surface area contributed by atoms with Gasteiger partial charge in [0, 0.05) is 50.4 Å². The number of amides is 1. The molecule has 1 saturated heterocycles. The maximum atomic E-state index is 13.5. The molecule has 1 amide bonds. The van der Waals surface area contributed by atoms with E-state index in [4.69, 9.17) is 9.84 Å². The molecule has 0 aliphatic carbocycles. The van der Waals surface area contributed by atoms with Crippen molar-refractivity contribution in [3.05, 3.63) is 88.7 Å². The van der Waals surface area contributed by atoms with Crippen LogP contribution in [0.4, 0.5) is 0 Å². The Morgan fingerprint density at radius 1 is 0.829 bits per heavy atom. The lowest BCUT2D eigenvalue weighted by molar-refractivity contribution is 0.0297. The van der Waals surface area contributed by atoms with E-state index in [-0.39, 0.29) is 5.91 Å². The molecule has 1 fully saturated rings. The van der Waals surface area contributed by atoms with Crippen LogP contribution >= 0.6 is 0 Å². The number of benzene rings is 2. The molecule has 2 aromatic carbocycles. The van der Waals surface area contributed by atoms with E-state index in [1.54, 1.807) is 0 Å². The van der Waals surface area contributed by atoms with Gasteiger partial charge in [0.05, 0.1) is 13.2 Å². The molecule has 0 unspecified atom stereocenters. The topological polar surface area (TPSA) is 50.6 Å². The van der Waals surface area contributed by atoms with Crippen LogP contribution in [0.5, 0.6) is 0 Å². The quantitative estimate of drug-likeness (QED) is 0.473. The van der Waals surface area contributed by atoms with Crippen molar-refractivity contribution in [1.29, 1.82) is 0 Å². The molecule has 2 aliphatic heterocycles. The van der Waals surface area contributed by atoms with Gasteiger partial charge in [0.2, 0.25) is 0 Å². The smallest absolute Gasteiger partial charge is 0.274 e. The number of fused-ring (bicyclic) bond motifs is 1. The molecule has 3 heterocycles. The summed E-state index contributed by atoms with van der Waals surface area (Å²) in [7, 11) is 0. The SMILES string of the molecule is O=C(c1nn(CCCc2ccccc2)c2c1CN(CCCc1ccccc1)CC2)N1CCOCC1. The van der Waals surface area contributed by atoms with E-state index in [9.17, 15) is 4.79 Å². The van der Waals surface area contributed by atoms with Gasteiger partial charge >= 0.3 is 0 Å². The van der Waals surface area contributed by atoms with Gasteiger partial charge in [-0.2, -0.15) is 5.10 Å². The number of morpholine rings is 1. The summed E-state index contributed by atoms with van der Waals surface area (Å²) in [5.41, 5.74) is 5.80. The Bertz CT molecular complexity index is 1090. The van der Waals surface area contributed by atoms with Crippen LogP contribution in [0.3, 0.4) is 0 Å². The molecular formula is C29H36N4O2. The zero-order chi connectivity index (χ0) is 23.9. The molecule has 1 aromatic heterocycles. The van der Waals surface area contributed by atoms with Crippen LogP contribution in [-0.2, 0) is 37.1 Å². The molecule has 0 bridgehead atoms. The highest BCUT2D eigenvalue weighted by molar-refractivity contribution is 5.94. The van der Waals surface area contributed by atoms with Crippen LogP contribution in [0.2, 0.25) is 0 Å². The summed E-state index contributed by atoms with van der Waals surface area (Å²) in [6.07, 6.45) is 5.20. The molecular weight excluding hydrogens is 436 g/mol. The summed E-state index contributed by atoms with van der Waals surface area (Å²) < 4.78 is 7.60. The van der Waals surface area contributed by atoms with E-state index in [0.29, 0.717) is 32.0 Å². The van der Waals surface area contributed by atoms with Crippen molar-refractivity contribution in [2.75, 3.05) is 39.4 Å². The lowest BCUT2D eigenvalue weighted by Gasteiger charge is -2.29. The Morgan fingerprint density at radius 2 is 1.46 bits per heavy atom. The molecule has 35 heavy (non-hydrogen) atoms. The van der Waals surface area contributed by atoms with Gasteiger partial charge in [0.1, 0.15) is 0 Å². The molecule has 6 heteroatoms. The predicted molar refractivity (Wildman–Crippen MR) is 137 cm³/mol. The first-order chi connectivity index (χ1) is 17.3. The van der Waals surface area contributed by atoms with Gasteiger partial charge in [0.25, 0.3) is 5.91 Å². The van der Waals surface area contributed by atoms with Crippen LogP contribution in [0.15, 0.2) is 60.7 Å². The second kappa shape index (κ2) is 11.6. The highest BCUT2D eigenvalue weighted by Gasteiger charge is 2.30. The molecule has 0 spiro atoms. The zero-order valence-corrected chi connectivity index (χ0v) is 20.6.